The third-order valence-corrected chi connectivity index (χ3v) is 3.31. The van der Waals surface area contributed by atoms with Gasteiger partial charge in [-0.2, -0.15) is 0 Å². The van der Waals surface area contributed by atoms with Gasteiger partial charge in [0.15, 0.2) is 0 Å². The van der Waals surface area contributed by atoms with Crippen LogP contribution < -0.4 is 11.1 Å². The minimum atomic E-state index is -0.234. The second kappa shape index (κ2) is 6.24. The van der Waals surface area contributed by atoms with Crippen LogP contribution in [0.5, 0.6) is 0 Å². The van der Waals surface area contributed by atoms with Crippen LogP contribution in [0.4, 0.5) is 0 Å². The van der Waals surface area contributed by atoms with E-state index >= 15 is 0 Å². The Morgan fingerprint density at radius 1 is 1.31 bits per heavy atom. The van der Waals surface area contributed by atoms with Gasteiger partial charge in [-0.1, -0.05) is 19.3 Å². The molecule has 0 bridgehead atoms. The summed E-state index contributed by atoms with van der Waals surface area (Å²) >= 11 is 0. The monoisotopic (exact) mass is 226 g/mol. The molecule has 1 rings (SSSR count). The van der Waals surface area contributed by atoms with E-state index in [1.165, 1.54) is 32.1 Å². The van der Waals surface area contributed by atoms with Crippen molar-refractivity contribution >= 4 is 5.91 Å². The average Bonchev–Trinajstić information content (AvgIpc) is 2.24. The second-order valence-electron chi connectivity index (χ2n) is 5.80. The van der Waals surface area contributed by atoms with Crippen LogP contribution in [0.15, 0.2) is 0 Å². The first-order valence-corrected chi connectivity index (χ1v) is 6.53. The van der Waals surface area contributed by atoms with Gasteiger partial charge in [-0.3, -0.25) is 4.79 Å². The lowest BCUT2D eigenvalue weighted by atomic mass is 9.89. The lowest BCUT2D eigenvalue weighted by Gasteiger charge is -2.22. The summed E-state index contributed by atoms with van der Waals surface area (Å²) in [4.78, 5) is 11.6. The Morgan fingerprint density at radius 3 is 2.50 bits per heavy atom. The molecule has 0 aromatic rings. The van der Waals surface area contributed by atoms with Crippen LogP contribution >= 0.6 is 0 Å². The highest BCUT2D eigenvalue weighted by molar-refractivity contribution is 5.75. The van der Waals surface area contributed by atoms with E-state index in [9.17, 15) is 4.79 Å². The van der Waals surface area contributed by atoms with Gasteiger partial charge in [-0.15, -0.1) is 0 Å². The van der Waals surface area contributed by atoms with E-state index in [1.807, 2.05) is 13.8 Å². The number of carbonyl (C=O) groups is 1. The Morgan fingerprint density at radius 2 is 1.94 bits per heavy atom. The zero-order valence-electron chi connectivity index (χ0n) is 10.7. The van der Waals surface area contributed by atoms with Crippen LogP contribution in [0.3, 0.4) is 0 Å². The molecule has 0 saturated heterocycles. The highest BCUT2D eigenvalue weighted by Gasteiger charge is 2.16. The molecule has 16 heavy (non-hydrogen) atoms. The highest BCUT2D eigenvalue weighted by atomic mass is 16.1. The van der Waals surface area contributed by atoms with Gasteiger partial charge < -0.3 is 11.1 Å². The van der Waals surface area contributed by atoms with Gasteiger partial charge in [0.1, 0.15) is 0 Å². The summed E-state index contributed by atoms with van der Waals surface area (Å²) in [6, 6.07) is 0. The predicted octanol–water partition coefficient (Wildman–Crippen LogP) is 2.20. The molecule has 1 saturated carbocycles. The number of rotatable bonds is 5. The van der Waals surface area contributed by atoms with Crippen LogP contribution in [0.25, 0.3) is 0 Å². The van der Waals surface area contributed by atoms with Crippen molar-refractivity contribution in [3.8, 4) is 0 Å². The van der Waals surface area contributed by atoms with E-state index < -0.39 is 0 Å². The smallest absolute Gasteiger partial charge is 0.220 e. The van der Waals surface area contributed by atoms with Gasteiger partial charge in [-0.05, 0) is 39.0 Å². The van der Waals surface area contributed by atoms with Gasteiger partial charge in [0.25, 0.3) is 0 Å². The van der Waals surface area contributed by atoms with E-state index in [2.05, 4.69) is 5.32 Å². The van der Waals surface area contributed by atoms with Gasteiger partial charge >= 0.3 is 0 Å². The Bertz CT molecular complexity index is 214. The molecule has 0 aromatic heterocycles. The van der Waals surface area contributed by atoms with Crippen LogP contribution in [0.2, 0.25) is 0 Å². The van der Waals surface area contributed by atoms with E-state index in [4.69, 9.17) is 5.73 Å². The number of amides is 1. The maximum absolute atomic E-state index is 11.6. The number of nitrogens with two attached hydrogens (primary N) is 1. The normalized spacial score (nSPS) is 18.4. The molecule has 1 fully saturated rings. The van der Waals surface area contributed by atoms with Crippen molar-refractivity contribution < 1.29 is 4.79 Å². The molecular formula is C13H26N2O. The summed E-state index contributed by atoms with van der Waals surface area (Å²) in [5.74, 6) is 0.868. The van der Waals surface area contributed by atoms with Crippen molar-refractivity contribution in [1.82, 2.24) is 5.32 Å². The Hall–Kier alpha value is -0.570. The third kappa shape index (κ3) is 6.11. The Balaban J connectivity index is 2.09. The van der Waals surface area contributed by atoms with Gasteiger partial charge in [0.05, 0.1) is 0 Å². The molecule has 3 nitrogen and oxygen atoms in total. The maximum Gasteiger partial charge on any atom is 0.220 e. The maximum atomic E-state index is 11.6. The third-order valence-electron chi connectivity index (χ3n) is 3.31. The molecule has 0 heterocycles. The molecule has 3 N–H and O–H groups in total. The Labute approximate surface area is 99.2 Å². The van der Waals surface area contributed by atoms with E-state index in [1.54, 1.807) is 0 Å². The molecule has 0 atom stereocenters. The van der Waals surface area contributed by atoms with Crippen LogP contribution in [-0.4, -0.2) is 18.0 Å². The number of carbonyl (C=O) groups excluding carboxylic acids is 1. The predicted molar refractivity (Wildman–Crippen MR) is 67.1 cm³/mol. The highest BCUT2D eigenvalue weighted by Crippen LogP contribution is 2.22. The summed E-state index contributed by atoms with van der Waals surface area (Å²) in [6.45, 7) is 4.78. The molecule has 1 amide bonds. The summed E-state index contributed by atoms with van der Waals surface area (Å²) in [5, 5.41) is 3.03. The first-order chi connectivity index (χ1) is 7.47. The van der Waals surface area contributed by atoms with Gasteiger partial charge in [0, 0.05) is 18.5 Å². The average molecular weight is 226 g/mol. The topological polar surface area (TPSA) is 55.1 Å². The number of hydrogen-bond donors (Lipinski definition) is 2. The van der Waals surface area contributed by atoms with Crippen molar-refractivity contribution in [2.45, 2.75) is 64.3 Å². The van der Waals surface area contributed by atoms with Gasteiger partial charge in [0.2, 0.25) is 5.91 Å². The standard InChI is InChI=1S/C13H26N2O/c1-13(2,14)9-8-12(16)15-10-11-6-4-3-5-7-11/h11H,3-10,14H2,1-2H3,(H,15,16). The van der Waals surface area contributed by atoms with Crippen molar-refractivity contribution in [3.05, 3.63) is 0 Å². The Kier molecular flexibility index (Phi) is 5.26. The summed E-state index contributed by atoms with van der Waals surface area (Å²) < 4.78 is 0. The molecule has 0 aromatic carbocycles. The summed E-state index contributed by atoms with van der Waals surface area (Å²) in [6.07, 6.45) is 7.89. The van der Waals surface area contributed by atoms with Crippen LogP contribution in [-0.2, 0) is 4.79 Å². The number of nitrogens with one attached hydrogen (secondary N) is 1. The first kappa shape index (κ1) is 13.5. The van der Waals surface area contributed by atoms with Crippen LogP contribution in [0, 0.1) is 5.92 Å². The molecule has 1 aliphatic rings. The molecule has 3 heteroatoms. The first-order valence-electron chi connectivity index (χ1n) is 6.53. The van der Waals surface area contributed by atoms with Crippen molar-refractivity contribution in [1.29, 1.82) is 0 Å². The van der Waals surface area contributed by atoms with Crippen molar-refractivity contribution in [2.75, 3.05) is 6.54 Å². The lowest BCUT2D eigenvalue weighted by molar-refractivity contribution is -0.121. The fraction of sp³-hybridized carbons (Fsp3) is 0.923. The molecule has 1 aliphatic carbocycles. The molecule has 0 radical (unpaired) electrons. The van der Waals surface area contributed by atoms with Crippen molar-refractivity contribution in [2.24, 2.45) is 11.7 Å². The van der Waals surface area contributed by atoms with E-state index in [0.29, 0.717) is 12.3 Å². The van der Waals surface area contributed by atoms with Crippen molar-refractivity contribution in [3.63, 3.8) is 0 Å². The summed E-state index contributed by atoms with van der Waals surface area (Å²) in [5.41, 5.74) is 5.61. The van der Waals surface area contributed by atoms with Gasteiger partial charge in [-0.25, -0.2) is 0 Å². The molecular weight excluding hydrogens is 200 g/mol. The second-order valence-corrected chi connectivity index (χ2v) is 5.80. The fourth-order valence-corrected chi connectivity index (χ4v) is 2.17. The zero-order valence-corrected chi connectivity index (χ0v) is 10.7. The summed E-state index contributed by atoms with van der Waals surface area (Å²) in [7, 11) is 0. The minimum Gasteiger partial charge on any atom is -0.356 e. The zero-order chi connectivity index (χ0) is 12.0. The number of hydrogen-bond acceptors (Lipinski definition) is 2. The van der Waals surface area contributed by atoms with E-state index in [0.717, 1.165) is 13.0 Å². The molecule has 0 spiro atoms. The van der Waals surface area contributed by atoms with Crippen LogP contribution in [0.1, 0.15) is 58.8 Å². The molecule has 0 aliphatic heterocycles. The fourth-order valence-electron chi connectivity index (χ4n) is 2.17. The van der Waals surface area contributed by atoms with E-state index in [-0.39, 0.29) is 11.4 Å². The minimum absolute atomic E-state index is 0.157. The lowest BCUT2D eigenvalue weighted by Crippen LogP contribution is -2.35. The largest absolute Gasteiger partial charge is 0.356 e. The molecule has 0 unspecified atom stereocenters. The SMILES string of the molecule is CC(C)(N)CCC(=O)NCC1CCCCC1. The molecule has 94 valence electrons. The quantitative estimate of drug-likeness (QED) is 0.755.